The van der Waals surface area contributed by atoms with Crippen LogP contribution in [0.4, 0.5) is 0 Å². The molecule has 0 aliphatic heterocycles. The van der Waals surface area contributed by atoms with Gasteiger partial charge in [0.25, 0.3) is 0 Å². The molecule has 1 atom stereocenters. The lowest BCUT2D eigenvalue weighted by Crippen LogP contribution is -2.36. The third-order valence-corrected chi connectivity index (χ3v) is 3.54. The normalized spacial score (nSPS) is 12.9. The summed E-state index contributed by atoms with van der Waals surface area (Å²) in [6.45, 7) is 7.69. The first-order chi connectivity index (χ1) is 10.1. The highest BCUT2D eigenvalue weighted by Gasteiger charge is 2.13. The van der Waals surface area contributed by atoms with Crippen LogP contribution in [0.25, 0.3) is 11.1 Å². The standard InChI is InChI=1S/C18H24N2O/c1-14(2)20(12-15(3)21)13-16-6-4-7-17(10-16)18-8-5-9-19-11-18/h4-11,14-15,21H,12-13H2,1-3H3. The zero-order valence-electron chi connectivity index (χ0n) is 13.0. The smallest absolute Gasteiger partial charge is 0.0639 e. The van der Waals surface area contributed by atoms with Crippen molar-refractivity contribution < 1.29 is 5.11 Å². The molecular formula is C18H24N2O. The minimum absolute atomic E-state index is 0.311. The molecule has 1 heterocycles. The van der Waals surface area contributed by atoms with Crippen LogP contribution in [0, 0.1) is 0 Å². The highest BCUT2D eigenvalue weighted by molar-refractivity contribution is 5.62. The number of aromatic nitrogens is 1. The zero-order chi connectivity index (χ0) is 15.2. The predicted molar refractivity (Wildman–Crippen MR) is 86.9 cm³/mol. The molecule has 0 aliphatic rings. The van der Waals surface area contributed by atoms with Crippen molar-refractivity contribution >= 4 is 0 Å². The van der Waals surface area contributed by atoms with Gasteiger partial charge in [-0.05, 0) is 49.6 Å². The van der Waals surface area contributed by atoms with Crippen LogP contribution in [0.1, 0.15) is 26.3 Å². The van der Waals surface area contributed by atoms with Crippen molar-refractivity contribution in [3.8, 4) is 11.1 Å². The molecule has 0 fully saturated rings. The van der Waals surface area contributed by atoms with Gasteiger partial charge in [0.05, 0.1) is 6.10 Å². The molecule has 112 valence electrons. The Morgan fingerprint density at radius 2 is 1.86 bits per heavy atom. The highest BCUT2D eigenvalue weighted by Crippen LogP contribution is 2.20. The van der Waals surface area contributed by atoms with E-state index in [1.165, 1.54) is 11.1 Å². The van der Waals surface area contributed by atoms with Crippen molar-refractivity contribution in [1.29, 1.82) is 0 Å². The maximum atomic E-state index is 9.63. The molecule has 0 bridgehead atoms. The Bertz CT molecular complexity index is 552. The number of aliphatic hydroxyl groups is 1. The molecule has 0 aliphatic carbocycles. The third kappa shape index (κ3) is 4.66. The molecule has 3 nitrogen and oxygen atoms in total. The molecule has 0 saturated heterocycles. The summed E-state index contributed by atoms with van der Waals surface area (Å²) in [5.41, 5.74) is 3.57. The van der Waals surface area contributed by atoms with Crippen molar-refractivity contribution in [3.05, 3.63) is 54.4 Å². The minimum atomic E-state index is -0.311. The summed E-state index contributed by atoms with van der Waals surface area (Å²) < 4.78 is 0. The van der Waals surface area contributed by atoms with Crippen molar-refractivity contribution in [2.75, 3.05) is 6.54 Å². The average molecular weight is 284 g/mol. The van der Waals surface area contributed by atoms with Gasteiger partial charge in [-0.3, -0.25) is 9.88 Å². The minimum Gasteiger partial charge on any atom is -0.392 e. The molecule has 3 heteroatoms. The molecule has 0 spiro atoms. The molecule has 2 aromatic rings. The molecule has 1 unspecified atom stereocenters. The number of hydrogen-bond donors (Lipinski definition) is 1. The van der Waals surface area contributed by atoms with Gasteiger partial charge in [-0.15, -0.1) is 0 Å². The quantitative estimate of drug-likeness (QED) is 0.884. The molecule has 0 amide bonds. The van der Waals surface area contributed by atoms with E-state index in [1.807, 2.05) is 19.2 Å². The average Bonchev–Trinajstić information content (AvgIpc) is 2.47. The van der Waals surface area contributed by atoms with Crippen LogP contribution in [0.2, 0.25) is 0 Å². The van der Waals surface area contributed by atoms with Crippen molar-refractivity contribution in [3.63, 3.8) is 0 Å². The largest absolute Gasteiger partial charge is 0.392 e. The van der Waals surface area contributed by atoms with Crippen molar-refractivity contribution in [2.24, 2.45) is 0 Å². The van der Waals surface area contributed by atoms with E-state index in [0.29, 0.717) is 12.6 Å². The summed E-state index contributed by atoms with van der Waals surface area (Å²) in [4.78, 5) is 6.46. The molecule has 1 aromatic heterocycles. The van der Waals surface area contributed by atoms with Gasteiger partial charge in [-0.25, -0.2) is 0 Å². The fourth-order valence-electron chi connectivity index (χ4n) is 2.41. The Kier molecular flexibility index (Phi) is 5.48. The lowest BCUT2D eigenvalue weighted by molar-refractivity contribution is 0.103. The number of nitrogens with zero attached hydrogens (tertiary/aromatic N) is 2. The van der Waals surface area contributed by atoms with E-state index < -0.39 is 0 Å². The van der Waals surface area contributed by atoms with Crippen LogP contribution < -0.4 is 0 Å². The first kappa shape index (κ1) is 15.7. The number of pyridine rings is 1. The second-order valence-corrected chi connectivity index (χ2v) is 5.81. The molecule has 1 N–H and O–H groups in total. The highest BCUT2D eigenvalue weighted by atomic mass is 16.3. The van der Waals surface area contributed by atoms with Gasteiger partial charge in [-0.2, -0.15) is 0 Å². The summed E-state index contributed by atoms with van der Waals surface area (Å²) in [5.74, 6) is 0. The molecule has 2 rings (SSSR count). The second-order valence-electron chi connectivity index (χ2n) is 5.81. The lowest BCUT2D eigenvalue weighted by Gasteiger charge is -2.27. The maximum Gasteiger partial charge on any atom is 0.0639 e. The van der Waals surface area contributed by atoms with Gasteiger partial charge in [-0.1, -0.05) is 24.3 Å². The van der Waals surface area contributed by atoms with Crippen LogP contribution in [-0.4, -0.2) is 33.7 Å². The van der Waals surface area contributed by atoms with Crippen LogP contribution >= 0.6 is 0 Å². The van der Waals surface area contributed by atoms with E-state index in [0.717, 1.165) is 12.1 Å². The fraction of sp³-hybridized carbons (Fsp3) is 0.389. The summed E-state index contributed by atoms with van der Waals surface area (Å²) in [6, 6.07) is 13.0. The Morgan fingerprint density at radius 1 is 1.10 bits per heavy atom. The van der Waals surface area contributed by atoms with Gasteiger partial charge in [0, 0.05) is 31.5 Å². The van der Waals surface area contributed by atoms with E-state index in [-0.39, 0.29) is 6.10 Å². The van der Waals surface area contributed by atoms with Gasteiger partial charge in [0.2, 0.25) is 0 Å². The summed E-state index contributed by atoms with van der Waals surface area (Å²) in [5, 5.41) is 9.63. The van der Waals surface area contributed by atoms with Gasteiger partial charge < -0.3 is 5.11 Å². The predicted octanol–water partition coefficient (Wildman–Crippen LogP) is 3.34. The Hall–Kier alpha value is -1.71. The van der Waals surface area contributed by atoms with Gasteiger partial charge >= 0.3 is 0 Å². The second kappa shape index (κ2) is 7.34. The Balaban J connectivity index is 2.17. The zero-order valence-corrected chi connectivity index (χ0v) is 13.0. The Labute approximate surface area is 127 Å². The number of benzene rings is 1. The van der Waals surface area contributed by atoms with Crippen LogP contribution in [0.5, 0.6) is 0 Å². The topological polar surface area (TPSA) is 36.4 Å². The van der Waals surface area contributed by atoms with E-state index in [2.05, 4.69) is 54.1 Å². The van der Waals surface area contributed by atoms with Crippen molar-refractivity contribution in [1.82, 2.24) is 9.88 Å². The van der Waals surface area contributed by atoms with Gasteiger partial charge in [0.1, 0.15) is 0 Å². The number of aliphatic hydroxyl groups excluding tert-OH is 1. The number of hydrogen-bond acceptors (Lipinski definition) is 3. The van der Waals surface area contributed by atoms with Crippen molar-refractivity contribution in [2.45, 2.75) is 39.5 Å². The first-order valence-electron chi connectivity index (χ1n) is 7.47. The van der Waals surface area contributed by atoms with E-state index in [1.54, 1.807) is 6.20 Å². The molecule has 1 aromatic carbocycles. The van der Waals surface area contributed by atoms with Gasteiger partial charge in [0.15, 0.2) is 0 Å². The van der Waals surface area contributed by atoms with E-state index >= 15 is 0 Å². The van der Waals surface area contributed by atoms with Crippen LogP contribution in [0.15, 0.2) is 48.8 Å². The van der Waals surface area contributed by atoms with Crippen LogP contribution in [0.3, 0.4) is 0 Å². The fourth-order valence-corrected chi connectivity index (χ4v) is 2.41. The third-order valence-electron chi connectivity index (χ3n) is 3.54. The summed E-state index contributed by atoms with van der Waals surface area (Å²) >= 11 is 0. The van der Waals surface area contributed by atoms with E-state index in [4.69, 9.17) is 0 Å². The maximum absolute atomic E-state index is 9.63. The van der Waals surface area contributed by atoms with Crippen LogP contribution in [-0.2, 0) is 6.54 Å². The Morgan fingerprint density at radius 3 is 2.48 bits per heavy atom. The lowest BCUT2D eigenvalue weighted by atomic mass is 10.0. The molecule has 0 radical (unpaired) electrons. The molecule has 21 heavy (non-hydrogen) atoms. The summed E-state index contributed by atoms with van der Waals surface area (Å²) in [6.07, 6.45) is 3.36. The SMILES string of the molecule is CC(O)CN(Cc1cccc(-c2cccnc2)c1)C(C)C. The first-order valence-corrected chi connectivity index (χ1v) is 7.47. The molecular weight excluding hydrogens is 260 g/mol. The monoisotopic (exact) mass is 284 g/mol. The number of rotatable bonds is 6. The molecule has 0 saturated carbocycles. The summed E-state index contributed by atoms with van der Waals surface area (Å²) in [7, 11) is 0. The van der Waals surface area contributed by atoms with E-state index in [9.17, 15) is 5.11 Å².